The van der Waals surface area contributed by atoms with E-state index in [0.29, 0.717) is 36.8 Å². The van der Waals surface area contributed by atoms with Crippen molar-refractivity contribution in [2.45, 2.75) is 56.1 Å². The zero-order valence-electron chi connectivity index (χ0n) is 24.5. The lowest BCUT2D eigenvalue weighted by Crippen LogP contribution is -2.57. The minimum atomic E-state index is -1.25. The average molecular weight is 600 g/mol. The molecule has 3 aliphatic rings. The minimum Gasteiger partial charge on any atom is -0.465 e. The number of para-hydroxylation sites is 1. The van der Waals surface area contributed by atoms with Crippen molar-refractivity contribution < 1.29 is 29.0 Å². The van der Waals surface area contributed by atoms with Crippen LogP contribution >= 0.6 is 0 Å². The summed E-state index contributed by atoms with van der Waals surface area (Å²) in [5.41, 5.74) is 0.856. The molecule has 4 heterocycles. The van der Waals surface area contributed by atoms with Crippen molar-refractivity contribution in [1.82, 2.24) is 24.8 Å². The molecule has 44 heavy (non-hydrogen) atoms. The first-order valence-electron chi connectivity index (χ1n) is 15.1. The maximum Gasteiger partial charge on any atom is 0.312 e. The van der Waals surface area contributed by atoms with Crippen LogP contribution in [-0.2, 0) is 30.5 Å². The van der Waals surface area contributed by atoms with Crippen LogP contribution < -0.4 is 0 Å². The molecular weight excluding hydrogens is 562 g/mol. The molecule has 11 nitrogen and oxygen atoms in total. The second-order valence-corrected chi connectivity index (χ2v) is 11.6. The molecule has 2 unspecified atom stereocenters. The highest BCUT2D eigenvalue weighted by atomic mass is 16.6. The number of amides is 2. The summed E-state index contributed by atoms with van der Waals surface area (Å²) in [6, 6.07) is 14.6. The van der Waals surface area contributed by atoms with Gasteiger partial charge in [-0.3, -0.25) is 14.4 Å². The molecule has 0 radical (unpaired) electrons. The number of hydrogen-bond acceptors (Lipinski definition) is 8. The Labute approximate surface area is 255 Å². The highest BCUT2D eigenvalue weighted by molar-refractivity contribution is 5.98. The molecule has 0 aliphatic carbocycles. The monoisotopic (exact) mass is 599 g/mol. The van der Waals surface area contributed by atoms with E-state index in [9.17, 15) is 19.5 Å². The van der Waals surface area contributed by atoms with Crippen molar-refractivity contribution in [2.75, 3.05) is 19.8 Å². The van der Waals surface area contributed by atoms with Crippen LogP contribution in [0.25, 0.3) is 11.0 Å². The summed E-state index contributed by atoms with van der Waals surface area (Å²) < 4.78 is 13.8. The first kappa shape index (κ1) is 29.7. The third kappa shape index (κ3) is 4.89. The minimum absolute atomic E-state index is 0.0535. The number of aromatic nitrogens is 3. The maximum absolute atomic E-state index is 14.8. The zero-order valence-corrected chi connectivity index (χ0v) is 24.5. The molecule has 2 amide bonds. The fraction of sp³-hybridized carbons (Fsp3) is 0.424. The standard InChI is InChI=1S/C33H37N5O6/c1-3-5-11-19-43-32(42)27-26-16-17-33(44-26)28(27)30(40)38(25(20-39)22-12-7-6-8-13-22)29(33)31(41)36(18-4-2)21-37-24-15-10-9-14-23(24)34-35-37/h3-4,6-10,12-15,25-29,39H,1-2,5,11,16-21H2/t25-,26+,27-,28+,29?,33?/m1/s1. The van der Waals surface area contributed by atoms with E-state index in [1.165, 1.54) is 4.90 Å². The molecule has 3 aromatic rings. The number of carbonyl (C=O) groups is 3. The van der Waals surface area contributed by atoms with Crippen LogP contribution in [-0.4, -0.2) is 85.2 Å². The van der Waals surface area contributed by atoms with Gasteiger partial charge in [0.05, 0.1) is 42.7 Å². The number of ether oxygens (including phenoxy) is 2. The molecule has 6 atom stereocenters. The summed E-state index contributed by atoms with van der Waals surface area (Å²) in [6.07, 6.45) is 5.09. The van der Waals surface area contributed by atoms with Crippen molar-refractivity contribution >= 4 is 28.8 Å². The number of fused-ring (bicyclic) bond motifs is 2. The molecule has 2 aromatic carbocycles. The smallest absolute Gasteiger partial charge is 0.312 e. The van der Waals surface area contributed by atoms with Crippen molar-refractivity contribution in [3.8, 4) is 0 Å². The Morgan fingerprint density at radius 3 is 2.68 bits per heavy atom. The van der Waals surface area contributed by atoms with Crippen LogP contribution in [0.2, 0.25) is 0 Å². The Morgan fingerprint density at radius 2 is 1.93 bits per heavy atom. The van der Waals surface area contributed by atoms with Gasteiger partial charge in [-0.15, -0.1) is 18.3 Å². The van der Waals surface area contributed by atoms with Crippen LogP contribution in [0.3, 0.4) is 0 Å². The Hall–Kier alpha value is -4.35. The third-order valence-corrected chi connectivity index (χ3v) is 9.12. The largest absolute Gasteiger partial charge is 0.465 e. The summed E-state index contributed by atoms with van der Waals surface area (Å²) in [5.74, 6) is -3.04. The summed E-state index contributed by atoms with van der Waals surface area (Å²) in [7, 11) is 0. The predicted molar refractivity (Wildman–Crippen MR) is 161 cm³/mol. The van der Waals surface area contributed by atoms with E-state index in [2.05, 4.69) is 23.5 Å². The second kappa shape index (κ2) is 12.3. The second-order valence-electron chi connectivity index (χ2n) is 11.6. The van der Waals surface area contributed by atoms with E-state index in [0.717, 1.165) is 5.52 Å². The summed E-state index contributed by atoms with van der Waals surface area (Å²) in [4.78, 5) is 45.8. The van der Waals surface area contributed by atoms with Gasteiger partial charge in [-0.1, -0.05) is 59.8 Å². The number of carbonyl (C=O) groups excluding carboxylic acids is 3. The highest BCUT2D eigenvalue weighted by Gasteiger charge is 2.75. The average Bonchev–Trinajstić information content (AvgIpc) is 3.80. The topological polar surface area (TPSA) is 127 Å². The normalized spacial score (nSPS) is 26.0. The van der Waals surface area contributed by atoms with Gasteiger partial charge in [0.15, 0.2) is 0 Å². The van der Waals surface area contributed by atoms with Crippen LogP contribution in [0.1, 0.15) is 37.3 Å². The Balaban J connectivity index is 1.39. The Morgan fingerprint density at radius 1 is 1.16 bits per heavy atom. The van der Waals surface area contributed by atoms with E-state index in [-0.39, 0.29) is 25.7 Å². The van der Waals surface area contributed by atoms with Gasteiger partial charge in [0.1, 0.15) is 23.8 Å². The van der Waals surface area contributed by atoms with Gasteiger partial charge >= 0.3 is 5.97 Å². The molecule has 1 aromatic heterocycles. The molecule has 3 aliphatic heterocycles. The van der Waals surface area contributed by atoms with Gasteiger partial charge < -0.3 is 24.4 Å². The predicted octanol–water partition coefficient (Wildman–Crippen LogP) is 3.02. The number of unbranched alkanes of at least 4 members (excludes halogenated alkanes) is 1. The van der Waals surface area contributed by atoms with Crippen molar-refractivity contribution in [2.24, 2.45) is 11.8 Å². The number of esters is 1. The van der Waals surface area contributed by atoms with Crippen LogP contribution in [0.15, 0.2) is 79.9 Å². The first-order valence-corrected chi connectivity index (χ1v) is 15.1. The fourth-order valence-corrected chi connectivity index (χ4v) is 7.23. The zero-order chi connectivity index (χ0) is 30.8. The number of nitrogens with zero attached hydrogens (tertiary/aromatic N) is 5. The molecule has 1 spiro atoms. The van der Waals surface area contributed by atoms with Crippen molar-refractivity contribution in [3.63, 3.8) is 0 Å². The number of aliphatic hydroxyl groups excluding tert-OH is 1. The maximum atomic E-state index is 14.8. The lowest BCUT2D eigenvalue weighted by molar-refractivity contribution is -0.157. The summed E-state index contributed by atoms with van der Waals surface area (Å²) in [5, 5.41) is 19.2. The van der Waals surface area contributed by atoms with Gasteiger partial charge in [-0.25, -0.2) is 4.68 Å². The molecule has 3 saturated heterocycles. The molecule has 0 saturated carbocycles. The van der Waals surface area contributed by atoms with Crippen molar-refractivity contribution in [3.05, 3.63) is 85.5 Å². The van der Waals surface area contributed by atoms with Crippen LogP contribution in [0.4, 0.5) is 0 Å². The Bertz CT molecular complexity index is 1560. The van der Waals surface area contributed by atoms with Crippen molar-refractivity contribution in [1.29, 1.82) is 0 Å². The molecular formula is C33H37N5O6. The van der Waals surface area contributed by atoms with Gasteiger partial charge in [-0.2, -0.15) is 0 Å². The molecule has 6 rings (SSSR count). The molecule has 1 N–H and O–H groups in total. The van der Waals surface area contributed by atoms with Gasteiger partial charge in [-0.05, 0) is 43.4 Å². The number of hydrogen-bond donors (Lipinski definition) is 1. The summed E-state index contributed by atoms with van der Waals surface area (Å²) >= 11 is 0. The number of rotatable bonds is 13. The molecule has 230 valence electrons. The molecule has 2 bridgehead atoms. The first-order chi connectivity index (χ1) is 21.4. The van der Waals surface area contributed by atoms with E-state index >= 15 is 0 Å². The SMILES string of the molecule is C=CCCCOC(=O)[C@@H]1[C@@H]2CCC3(O2)C(C(=O)N(CC=C)Cn2nnc4ccccc42)N([C@H](CO)c2ccccc2)C(=O)[C@H]13. The highest BCUT2D eigenvalue weighted by Crippen LogP contribution is 2.60. The summed E-state index contributed by atoms with van der Waals surface area (Å²) in [6.45, 7) is 7.57. The van der Waals surface area contributed by atoms with E-state index in [1.54, 1.807) is 21.7 Å². The van der Waals surface area contributed by atoms with Gasteiger partial charge in [0.25, 0.3) is 0 Å². The van der Waals surface area contributed by atoms with E-state index in [4.69, 9.17) is 9.47 Å². The lowest BCUT2D eigenvalue weighted by atomic mass is 9.70. The van der Waals surface area contributed by atoms with Crippen LogP contribution in [0.5, 0.6) is 0 Å². The van der Waals surface area contributed by atoms with Crippen LogP contribution in [0, 0.1) is 11.8 Å². The van der Waals surface area contributed by atoms with Gasteiger partial charge in [0, 0.05) is 6.54 Å². The fourth-order valence-electron chi connectivity index (χ4n) is 7.23. The molecule has 11 heteroatoms. The lowest BCUT2D eigenvalue weighted by Gasteiger charge is -2.39. The van der Waals surface area contributed by atoms with Gasteiger partial charge in [0.2, 0.25) is 11.8 Å². The number of benzene rings is 2. The molecule has 3 fully saturated rings. The number of aliphatic hydroxyl groups is 1. The number of likely N-dealkylation sites (tertiary alicyclic amines) is 1. The quantitative estimate of drug-likeness (QED) is 0.181. The number of allylic oxidation sites excluding steroid dienone is 1. The Kier molecular flexibility index (Phi) is 8.33. The third-order valence-electron chi connectivity index (χ3n) is 9.12. The van der Waals surface area contributed by atoms with E-state index < -0.39 is 54.1 Å². The van der Waals surface area contributed by atoms with E-state index in [1.807, 2.05) is 54.6 Å².